The van der Waals surface area contributed by atoms with E-state index in [2.05, 4.69) is 0 Å². The molecule has 0 aromatic carbocycles. The molecule has 12 nitrogen and oxygen atoms in total. The smallest absolute Gasteiger partial charge is 0.314 e. The summed E-state index contributed by atoms with van der Waals surface area (Å²) in [6.07, 6.45) is 2.63. The number of carbonyl (C=O) groups is 5. The second-order valence-electron chi connectivity index (χ2n) is 4.61. The van der Waals surface area contributed by atoms with Crippen molar-refractivity contribution in [3.63, 3.8) is 0 Å². The molecule has 0 saturated carbocycles. The Hall–Kier alpha value is -2.57. The van der Waals surface area contributed by atoms with Gasteiger partial charge in [-0.05, 0) is 19.8 Å². The lowest BCUT2D eigenvalue weighted by Crippen LogP contribution is -2.22. The fraction of sp³-hybridized carbons (Fsp3) is 0.706. The first kappa shape index (κ1) is 34.0. The van der Waals surface area contributed by atoms with Crippen LogP contribution in [0.4, 0.5) is 0 Å². The Labute approximate surface area is 174 Å². The number of nitrogens with two attached hydrogens (primary N) is 1. The molecule has 0 saturated heterocycles. The maximum absolute atomic E-state index is 10.0. The van der Waals surface area contributed by atoms with Gasteiger partial charge in [0.2, 0.25) is 0 Å². The van der Waals surface area contributed by atoms with Crippen molar-refractivity contribution in [1.29, 1.82) is 0 Å². The highest BCUT2D eigenvalue weighted by atomic mass is 16.4. The summed E-state index contributed by atoms with van der Waals surface area (Å²) in [6.45, 7) is 3.71. The molecule has 0 radical (unpaired) electrons. The van der Waals surface area contributed by atoms with Gasteiger partial charge in [-0.25, -0.2) is 0 Å². The summed E-state index contributed by atoms with van der Waals surface area (Å²) in [7, 11) is 0. The molecule has 0 amide bonds. The first-order chi connectivity index (χ1) is 13.9. The molecule has 29 heavy (non-hydrogen) atoms. The van der Waals surface area contributed by atoms with Gasteiger partial charge in [0, 0.05) is 28.7 Å². The van der Waals surface area contributed by atoms with Crippen LogP contribution in [0.25, 0.3) is 0 Å². The molecule has 0 fully saturated rings. The van der Waals surface area contributed by atoms with Crippen molar-refractivity contribution < 1.29 is 52.2 Å². The van der Waals surface area contributed by atoms with Crippen LogP contribution in [0.15, 0.2) is 0 Å². The number of aliphatic hydroxyl groups excluding tert-OH is 1. The Kier molecular flexibility index (Phi) is 42.6. The summed E-state index contributed by atoms with van der Waals surface area (Å²) in [4.78, 5) is 47.4. The fourth-order valence-electron chi connectivity index (χ4n) is 0.801. The van der Waals surface area contributed by atoms with Crippen LogP contribution in [-0.2, 0) is 24.0 Å². The second-order valence-corrected chi connectivity index (χ2v) is 4.61. The third kappa shape index (κ3) is 128. The number of aldehydes is 1. The van der Waals surface area contributed by atoms with E-state index in [4.69, 9.17) is 38.8 Å². The molecule has 12 heteroatoms. The van der Waals surface area contributed by atoms with Crippen LogP contribution < -0.4 is 11.9 Å². The monoisotopic (exact) mass is 434 g/mol. The summed E-state index contributed by atoms with van der Waals surface area (Å²) in [5.74, 6) is -4.32. The van der Waals surface area contributed by atoms with Crippen LogP contribution >= 0.6 is 0 Å². The van der Waals surface area contributed by atoms with E-state index < -0.39 is 30.3 Å². The molecule has 0 aliphatic heterocycles. The number of carboxylic acids is 4. The minimum absolute atomic E-state index is 0. The molecule has 0 rings (SSSR count). The van der Waals surface area contributed by atoms with Crippen molar-refractivity contribution in [2.24, 2.45) is 5.73 Å². The van der Waals surface area contributed by atoms with Crippen LogP contribution in [-0.4, -0.2) is 68.3 Å². The standard InChI is InChI=1S/C6H13NO2.C4H8O.C3H4O4.C2H4O2.C2H6O.H3N/c1-2-3-5(7)4-6(8)9;1-2-3-4-5;4-2(5)1-3(6)7;1-2(3)4;1-2-3;/h5H,2-4,7H2,1H3,(H,8,9);4H,2-3H2,1H3;1H2,(H,4,5)(H,6,7);1H3,(H,3,4);3H,2H2,1H3;1H3/i2*1T;;;;. The van der Waals surface area contributed by atoms with Crippen LogP contribution in [0.1, 0.15) is 68.9 Å². The largest absolute Gasteiger partial charge is 0.481 e. The number of carboxylic acid groups (broad SMARTS) is 4. The Bertz CT molecular complexity index is 425. The average molecular weight is 435 g/mol. The van der Waals surface area contributed by atoms with E-state index in [0.717, 1.165) is 13.2 Å². The highest BCUT2D eigenvalue weighted by Gasteiger charge is 2.05. The quantitative estimate of drug-likeness (QED) is 0.162. The molecule has 0 aliphatic carbocycles. The first-order valence-electron chi connectivity index (χ1n) is 9.50. The lowest BCUT2D eigenvalue weighted by atomic mass is 10.1. The van der Waals surface area contributed by atoms with Gasteiger partial charge in [-0.15, -0.1) is 0 Å². The SMILES string of the molecule is CC(=O)O.CCO.N.O=C(O)CC(=O)O.[3H]CCCC(N)CC(=O)O.[3H]CCCC=O. The maximum atomic E-state index is 10.0. The normalized spacial score (nSPS) is 9.66. The lowest BCUT2D eigenvalue weighted by molar-refractivity contribution is -0.147. The molecule has 0 aromatic heterocycles. The lowest BCUT2D eigenvalue weighted by Gasteiger charge is -2.04. The topological polar surface area (TPSA) is 248 Å². The molecule has 0 aromatic rings. The highest BCUT2D eigenvalue weighted by molar-refractivity contribution is 5.88. The summed E-state index contributed by atoms with van der Waals surface area (Å²) in [5.41, 5.74) is 5.40. The minimum atomic E-state index is -1.31. The number of hydrogen-bond donors (Lipinski definition) is 7. The fourth-order valence-corrected chi connectivity index (χ4v) is 0.801. The third-order valence-electron chi connectivity index (χ3n) is 1.64. The maximum Gasteiger partial charge on any atom is 0.314 e. The van der Waals surface area contributed by atoms with Crippen LogP contribution in [0.5, 0.6) is 0 Å². The Morgan fingerprint density at radius 1 is 1.00 bits per heavy atom. The van der Waals surface area contributed by atoms with Crippen molar-refractivity contribution in [3.8, 4) is 0 Å². The number of carbonyl (C=O) groups excluding carboxylic acids is 1. The van der Waals surface area contributed by atoms with Crippen molar-refractivity contribution in [1.82, 2.24) is 6.15 Å². The van der Waals surface area contributed by atoms with Crippen molar-refractivity contribution in [2.75, 3.05) is 6.61 Å². The van der Waals surface area contributed by atoms with E-state index in [1.54, 1.807) is 6.92 Å². The molecular formula is C17H38N2O10. The Morgan fingerprint density at radius 3 is 1.55 bits per heavy atom. The van der Waals surface area contributed by atoms with Gasteiger partial charge in [0.1, 0.15) is 12.7 Å². The first-order valence-corrected chi connectivity index (χ1v) is 8.09. The summed E-state index contributed by atoms with van der Waals surface area (Å²) in [6, 6.07) is -0.275. The zero-order chi connectivity index (χ0) is 25.0. The van der Waals surface area contributed by atoms with Crippen molar-refractivity contribution in [3.05, 3.63) is 0 Å². The van der Waals surface area contributed by atoms with Crippen molar-refractivity contribution in [2.45, 2.75) is 72.2 Å². The van der Waals surface area contributed by atoms with Crippen molar-refractivity contribution >= 4 is 30.2 Å². The minimum Gasteiger partial charge on any atom is -0.481 e. The number of aliphatic carboxylic acids is 4. The number of hydrogen-bond acceptors (Lipinski definition) is 8. The number of unbranched alkanes of at least 4 members (excludes halogenated alkanes) is 1. The molecule has 0 bridgehead atoms. The Balaban J connectivity index is -0.0000000663. The second kappa shape index (κ2) is 36.4. The third-order valence-corrected chi connectivity index (χ3v) is 1.64. The van der Waals surface area contributed by atoms with E-state index in [-0.39, 0.29) is 25.2 Å². The van der Waals surface area contributed by atoms with E-state index in [0.29, 0.717) is 39.5 Å². The van der Waals surface area contributed by atoms with Crippen LogP contribution in [0, 0.1) is 0 Å². The van der Waals surface area contributed by atoms with Gasteiger partial charge in [0.05, 0.1) is 6.42 Å². The van der Waals surface area contributed by atoms with Gasteiger partial charge in [-0.3, -0.25) is 19.2 Å². The van der Waals surface area contributed by atoms with Crippen LogP contribution in [0.3, 0.4) is 0 Å². The Morgan fingerprint density at radius 2 is 1.38 bits per heavy atom. The highest BCUT2D eigenvalue weighted by Crippen LogP contribution is 1.96. The summed E-state index contributed by atoms with van der Waals surface area (Å²) in [5, 5.41) is 38.6. The molecule has 0 spiro atoms. The van der Waals surface area contributed by atoms with Gasteiger partial charge >= 0.3 is 17.9 Å². The van der Waals surface area contributed by atoms with Gasteiger partial charge in [0.15, 0.2) is 0 Å². The zero-order valence-electron chi connectivity index (χ0n) is 19.1. The van der Waals surface area contributed by atoms with E-state index >= 15 is 0 Å². The van der Waals surface area contributed by atoms with Crippen LogP contribution in [0.2, 0.25) is 0 Å². The van der Waals surface area contributed by atoms with E-state index in [9.17, 15) is 19.2 Å². The molecule has 0 aliphatic rings. The average Bonchev–Trinajstić information content (AvgIpc) is 2.57. The zero-order valence-corrected chi connectivity index (χ0v) is 17.1. The molecule has 0 heterocycles. The van der Waals surface area contributed by atoms with Gasteiger partial charge in [-0.1, -0.05) is 20.2 Å². The predicted octanol–water partition coefficient (Wildman–Crippen LogP) is 1.37. The molecule has 1 unspecified atom stereocenters. The predicted molar refractivity (Wildman–Crippen MR) is 107 cm³/mol. The molecule has 10 N–H and O–H groups in total. The number of aliphatic hydroxyl groups is 1. The molecule has 176 valence electrons. The molecular weight excluding hydrogens is 392 g/mol. The summed E-state index contributed by atoms with van der Waals surface area (Å²) >= 11 is 0. The van der Waals surface area contributed by atoms with Gasteiger partial charge in [-0.2, -0.15) is 0 Å². The number of rotatable bonds is 8. The molecule has 1 atom stereocenters. The van der Waals surface area contributed by atoms with E-state index in [1.165, 1.54) is 0 Å². The summed E-state index contributed by atoms with van der Waals surface area (Å²) < 4.78 is 13.3. The van der Waals surface area contributed by atoms with E-state index in [1.807, 2.05) is 0 Å². The van der Waals surface area contributed by atoms with Gasteiger partial charge < -0.3 is 42.2 Å². The van der Waals surface area contributed by atoms with Gasteiger partial charge in [0.25, 0.3) is 5.97 Å².